The number of ketones is 1. The van der Waals surface area contributed by atoms with Crippen molar-refractivity contribution in [2.24, 2.45) is 0 Å². The Labute approximate surface area is 115 Å². The first-order chi connectivity index (χ1) is 9.61. The highest BCUT2D eigenvalue weighted by Gasteiger charge is 2.26. The molecule has 0 bridgehead atoms. The van der Waals surface area contributed by atoms with Gasteiger partial charge < -0.3 is 5.32 Å². The van der Waals surface area contributed by atoms with Crippen LogP contribution in [0.1, 0.15) is 11.1 Å². The number of rotatable bonds is 3. The molecule has 1 unspecified atom stereocenters. The van der Waals surface area contributed by atoms with Crippen LogP contribution in [-0.4, -0.2) is 11.8 Å². The molecule has 0 aromatic heterocycles. The number of anilines is 1. The van der Waals surface area contributed by atoms with Crippen LogP contribution < -0.4 is 5.32 Å². The van der Waals surface area contributed by atoms with E-state index < -0.39 is 11.6 Å². The molecule has 1 heterocycles. The molecule has 2 aromatic carbocycles. The first-order valence-electron chi connectivity index (χ1n) is 6.44. The molecule has 4 heteroatoms. The maximum absolute atomic E-state index is 13.1. The van der Waals surface area contributed by atoms with Crippen LogP contribution in [-0.2, 0) is 17.6 Å². The summed E-state index contributed by atoms with van der Waals surface area (Å²) in [6, 6.07) is 10.6. The Morgan fingerprint density at radius 2 is 1.85 bits per heavy atom. The molecule has 0 aliphatic carbocycles. The average Bonchev–Trinajstić information content (AvgIpc) is 2.81. The maximum atomic E-state index is 13.1. The topological polar surface area (TPSA) is 29.1 Å². The Morgan fingerprint density at radius 3 is 2.55 bits per heavy atom. The van der Waals surface area contributed by atoms with Crippen molar-refractivity contribution in [1.29, 1.82) is 0 Å². The highest BCUT2D eigenvalue weighted by molar-refractivity contribution is 5.90. The third-order valence-corrected chi connectivity index (χ3v) is 3.46. The van der Waals surface area contributed by atoms with Gasteiger partial charge in [-0.05, 0) is 29.3 Å². The molecule has 20 heavy (non-hydrogen) atoms. The van der Waals surface area contributed by atoms with Crippen molar-refractivity contribution in [2.75, 3.05) is 5.32 Å². The van der Waals surface area contributed by atoms with Crippen molar-refractivity contribution >= 4 is 11.5 Å². The van der Waals surface area contributed by atoms with Crippen molar-refractivity contribution in [1.82, 2.24) is 0 Å². The second kappa shape index (κ2) is 5.04. The Kier molecular flexibility index (Phi) is 3.22. The SMILES string of the molecule is O=C(Cc1cc(F)cc(F)c1)C1Cc2ccccc2N1. The smallest absolute Gasteiger partial charge is 0.159 e. The summed E-state index contributed by atoms with van der Waals surface area (Å²) in [6.07, 6.45) is 0.646. The summed E-state index contributed by atoms with van der Waals surface area (Å²) in [5.74, 6) is -1.38. The molecule has 0 amide bonds. The maximum Gasteiger partial charge on any atom is 0.159 e. The van der Waals surface area contributed by atoms with E-state index in [0.717, 1.165) is 17.3 Å². The van der Waals surface area contributed by atoms with Gasteiger partial charge in [0.05, 0.1) is 6.04 Å². The molecule has 3 rings (SSSR count). The van der Waals surface area contributed by atoms with Crippen LogP contribution in [0.4, 0.5) is 14.5 Å². The standard InChI is InChI=1S/C16H13F2NO/c17-12-5-10(6-13(18)9-12)7-16(20)15-8-11-3-1-2-4-14(11)19-15/h1-6,9,15,19H,7-8H2. The zero-order chi connectivity index (χ0) is 14.1. The highest BCUT2D eigenvalue weighted by Crippen LogP contribution is 2.26. The molecule has 1 atom stereocenters. The lowest BCUT2D eigenvalue weighted by Gasteiger charge is -2.10. The Bertz CT molecular complexity index is 624. The van der Waals surface area contributed by atoms with Crippen molar-refractivity contribution in [3.05, 3.63) is 65.2 Å². The van der Waals surface area contributed by atoms with E-state index in [9.17, 15) is 13.6 Å². The number of carbonyl (C=O) groups is 1. The molecule has 0 radical (unpaired) electrons. The number of halogens is 2. The molecule has 2 aromatic rings. The lowest BCUT2D eigenvalue weighted by atomic mass is 10.0. The molecule has 0 fully saturated rings. The van der Waals surface area contributed by atoms with Gasteiger partial charge in [0.15, 0.2) is 5.78 Å². The summed E-state index contributed by atoms with van der Waals surface area (Å²) in [7, 11) is 0. The van der Waals surface area contributed by atoms with Crippen LogP contribution in [0, 0.1) is 11.6 Å². The van der Waals surface area contributed by atoms with E-state index in [4.69, 9.17) is 0 Å². The number of fused-ring (bicyclic) bond motifs is 1. The second-order valence-electron chi connectivity index (χ2n) is 4.98. The molecule has 102 valence electrons. The molecule has 1 aliphatic rings. The van der Waals surface area contributed by atoms with Gasteiger partial charge in [-0.2, -0.15) is 0 Å². The zero-order valence-electron chi connectivity index (χ0n) is 10.7. The number of hydrogen-bond donors (Lipinski definition) is 1. The number of hydrogen-bond acceptors (Lipinski definition) is 2. The third-order valence-electron chi connectivity index (χ3n) is 3.46. The minimum atomic E-state index is -0.657. The summed E-state index contributed by atoms with van der Waals surface area (Å²) in [6.45, 7) is 0. The fraction of sp³-hybridized carbons (Fsp3) is 0.188. The van der Waals surface area contributed by atoms with Crippen LogP contribution in [0.15, 0.2) is 42.5 Å². The van der Waals surface area contributed by atoms with E-state index in [1.165, 1.54) is 12.1 Å². The van der Waals surface area contributed by atoms with Gasteiger partial charge in [-0.3, -0.25) is 4.79 Å². The Hall–Kier alpha value is -2.23. The number of benzene rings is 2. The molecular weight excluding hydrogens is 260 g/mol. The van der Waals surface area contributed by atoms with E-state index >= 15 is 0 Å². The molecule has 0 saturated heterocycles. The number of para-hydroxylation sites is 1. The second-order valence-corrected chi connectivity index (χ2v) is 4.98. The number of Topliss-reactive ketones (excluding diaryl/α,β-unsaturated/α-hetero) is 1. The minimum absolute atomic E-state index is 0.0281. The summed E-state index contributed by atoms with van der Waals surface area (Å²) in [5.41, 5.74) is 2.41. The van der Waals surface area contributed by atoms with E-state index in [2.05, 4.69) is 5.32 Å². The van der Waals surface area contributed by atoms with E-state index in [1.807, 2.05) is 24.3 Å². The quantitative estimate of drug-likeness (QED) is 0.931. The minimum Gasteiger partial charge on any atom is -0.375 e. The van der Waals surface area contributed by atoms with Gasteiger partial charge >= 0.3 is 0 Å². The van der Waals surface area contributed by atoms with E-state index in [0.29, 0.717) is 12.0 Å². The van der Waals surface area contributed by atoms with Crippen molar-refractivity contribution in [3.63, 3.8) is 0 Å². The molecule has 2 nitrogen and oxygen atoms in total. The lowest BCUT2D eigenvalue weighted by molar-refractivity contribution is -0.119. The van der Waals surface area contributed by atoms with Crippen molar-refractivity contribution in [3.8, 4) is 0 Å². The molecule has 1 aliphatic heterocycles. The van der Waals surface area contributed by atoms with Crippen LogP contribution >= 0.6 is 0 Å². The fourth-order valence-corrected chi connectivity index (χ4v) is 2.53. The van der Waals surface area contributed by atoms with Gasteiger partial charge in [0.25, 0.3) is 0 Å². The van der Waals surface area contributed by atoms with E-state index in [1.54, 1.807) is 0 Å². The largest absolute Gasteiger partial charge is 0.375 e. The van der Waals surface area contributed by atoms with Crippen LogP contribution in [0.3, 0.4) is 0 Å². The van der Waals surface area contributed by atoms with Crippen molar-refractivity contribution < 1.29 is 13.6 Å². The average molecular weight is 273 g/mol. The van der Waals surface area contributed by atoms with Gasteiger partial charge in [0.2, 0.25) is 0 Å². The normalized spacial score (nSPS) is 16.6. The predicted octanol–water partition coefficient (Wildman–Crippen LogP) is 3.11. The van der Waals surface area contributed by atoms with Gasteiger partial charge in [-0.1, -0.05) is 18.2 Å². The van der Waals surface area contributed by atoms with Crippen LogP contribution in [0.25, 0.3) is 0 Å². The first kappa shape index (κ1) is 12.8. The molecular formula is C16H13F2NO. The summed E-state index contributed by atoms with van der Waals surface area (Å²) in [5, 5.41) is 3.15. The highest BCUT2D eigenvalue weighted by atomic mass is 19.1. The third kappa shape index (κ3) is 2.54. The molecule has 1 N–H and O–H groups in total. The van der Waals surface area contributed by atoms with E-state index in [-0.39, 0.29) is 18.2 Å². The van der Waals surface area contributed by atoms with Crippen LogP contribution in [0.2, 0.25) is 0 Å². The summed E-state index contributed by atoms with van der Waals surface area (Å²) >= 11 is 0. The predicted molar refractivity (Wildman–Crippen MR) is 72.6 cm³/mol. The van der Waals surface area contributed by atoms with Crippen LogP contribution in [0.5, 0.6) is 0 Å². The fourth-order valence-electron chi connectivity index (χ4n) is 2.53. The molecule has 0 saturated carbocycles. The summed E-state index contributed by atoms with van der Waals surface area (Å²) < 4.78 is 26.2. The van der Waals surface area contributed by atoms with Gasteiger partial charge in [0.1, 0.15) is 11.6 Å². The van der Waals surface area contributed by atoms with Gasteiger partial charge in [0, 0.05) is 24.6 Å². The van der Waals surface area contributed by atoms with Crippen molar-refractivity contribution in [2.45, 2.75) is 18.9 Å². The zero-order valence-corrected chi connectivity index (χ0v) is 10.7. The van der Waals surface area contributed by atoms with Gasteiger partial charge in [-0.15, -0.1) is 0 Å². The lowest BCUT2D eigenvalue weighted by Crippen LogP contribution is -2.28. The number of nitrogens with one attached hydrogen (secondary N) is 1. The Balaban J connectivity index is 1.72. The number of carbonyl (C=O) groups excluding carboxylic acids is 1. The Morgan fingerprint density at radius 1 is 1.15 bits per heavy atom. The summed E-state index contributed by atoms with van der Waals surface area (Å²) in [4.78, 5) is 12.2. The monoisotopic (exact) mass is 273 g/mol. The molecule has 0 spiro atoms. The first-order valence-corrected chi connectivity index (χ1v) is 6.44. The van der Waals surface area contributed by atoms with Gasteiger partial charge in [-0.25, -0.2) is 8.78 Å².